The SMILES string of the molecule is CC[C@H]1CC[C@H](CC[C@H]2CC[C@H](CC/C=C/C#N)CC2)CC1. The highest BCUT2D eigenvalue weighted by molar-refractivity contribution is 5.01. The van der Waals surface area contributed by atoms with Crippen molar-refractivity contribution in [1.29, 1.82) is 5.26 Å². The van der Waals surface area contributed by atoms with Gasteiger partial charge in [0.2, 0.25) is 0 Å². The highest BCUT2D eigenvalue weighted by Gasteiger charge is 2.24. The van der Waals surface area contributed by atoms with Gasteiger partial charge in [0.1, 0.15) is 0 Å². The van der Waals surface area contributed by atoms with E-state index < -0.39 is 0 Å². The summed E-state index contributed by atoms with van der Waals surface area (Å²) >= 11 is 0. The second-order valence-corrected chi connectivity index (χ2v) is 7.87. The van der Waals surface area contributed by atoms with E-state index in [1.165, 1.54) is 77.0 Å². The monoisotopic (exact) mass is 301 g/mol. The zero-order chi connectivity index (χ0) is 15.6. The van der Waals surface area contributed by atoms with E-state index in [9.17, 15) is 0 Å². The second-order valence-electron chi connectivity index (χ2n) is 7.87. The first kappa shape index (κ1) is 17.6. The molecule has 0 aromatic carbocycles. The van der Waals surface area contributed by atoms with E-state index in [1.54, 1.807) is 6.08 Å². The first-order chi connectivity index (χ1) is 10.8. The highest BCUT2D eigenvalue weighted by Crippen LogP contribution is 2.38. The molecule has 2 aliphatic rings. The largest absolute Gasteiger partial charge is 0.193 e. The van der Waals surface area contributed by atoms with Gasteiger partial charge in [-0.25, -0.2) is 0 Å². The third kappa shape index (κ3) is 6.15. The molecule has 0 amide bonds. The number of nitrogens with zero attached hydrogens (tertiary/aromatic N) is 1. The fourth-order valence-corrected chi connectivity index (χ4v) is 4.68. The molecule has 124 valence electrons. The summed E-state index contributed by atoms with van der Waals surface area (Å²) in [6.07, 6.45) is 22.3. The molecule has 0 aromatic rings. The second kappa shape index (κ2) is 10.1. The van der Waals surface area contributed by atoms with Crippen LogP contribution in [0.2, 0.25) is 0 Å². The molecule has 0 spiro atoms. The Balaban J connectivity index is 1.54. The van der Waals surface area contributed by atoms with Crippen molar-refractivity contribution in [3.8, 4) is 6.07 Å². The molecule has 0 N–H and O–H groups in total. The quantitative estimate of drug-likeness (QED) is 0.483. The molecule has 2 rings (SSSR count). The van der Waals surface area contributed by atoms with Crippen LogP contribution in [0.25, 0.3) is 0 Å². The predicted octanol–water partition coefficient (Wildman–Crippen LogP) is 6.65. The summed E-state index contributed by atoms with van der Waals surface area (Å²) in [4.78, 5) is 0. The predicted molar refractivity (Wildman–Crippen MR) is 94.4 cm³/mol. The van der Waals surface area contributed by atoms with E-state index in [4.69, 9.17) is 5.26 Å². The Morgan fingerprint density at radius 1 is 0.773 bits per heavy atom. The molecule has 0 aromatic heterocycles. The first-order valence-corrected chi connectivity index (χ1v) is 9.86. The van der Waals surface area contributed by atoms with Gasteiger partial charge in [-0.15, -0.1) is 0 Å². The number of hydrogen-bond donors (Lipinski definition) is 0. The summed E-state index contributed by atoms with van der Waals surface area (Å²) in [5.74, 6) is 4.05. The smallest absolute Gasteiger partial charge is 0.0908 e. The summed E-state index contributed by atoms with van der Waals surface area (Å²) in [5.41, 5.74) is 0. The van der Waals surface area contributed by atoms with Crippen molar-refractivity contribution < 1.29 is 0 Å². The van der Waals surface area contributed by atoms with Gasteiger partial charge in [0.25, 0.3) is 0 Å². The summed E-state index contributed by atoms with van der Waals surface area (Å²) in [6.45, 7) is 2.36. The van der Waals surface area contributed by atoms with Crippen LogP contribution >= 0.6 is 0 Å². The molecule has 1 nitrogen and oxygen atoms in total. The van der Waals surface area contributed by atoms with Crippen LogP contribution in [0.15, 0.2) is 12.2 Å². The molecular weight excluding hydrogens is 266 g/mol. The minimum absolute atomic E-state index is 0.930. The van der Waals surface area contributed by atoms with Crippen molar-refractivity contribution in [2.24, 2.45) is 23.7 Å². The van der Waals surface area contributed by atoms with Crippen LogP contribution in [0, 0.1) is 35.0 Å². The number of allylic oxidation sites excluding steroid dienone is 2. The Bertz CT molecular complexity index is 349. The molecule has 22 heavy (non-hydrogen) atoms. The van der Waals surface area contributed by atoms with Gasteiger partial charge in [-0.3, -0.25) is 0 Å². The Morgan fingerprint density at radius 3 is 1.68 bits per heavy atom. The number of rotatable bonds is 7. The zero-order valence-electron chi connectivity index (χ0n) is 14.6. The van der Waals surface area contributed by atoms with Crippen LogP contribution in [0.4, 0.5) is 0 Å². The molecule has 0 radical (unpaired) electrons. The molecule has 0 saturated heterocycles. The van der Waals surface area contributed by atoms with E-state index >= 15 is 0 Å². The first-order valence-electron chi connectivity index (χ1n) is 9.86. The summed E-state index contributed by atoms with van der Waals surface area (Å²) < 4.78 is 0. The maximum absolute atomic E-state index is 8.50. The van der Waals surface area contributed by atoms with Crippen molar-refractivity contribution in [3.05, 3.63) is 12.2 Å². The van der Waals surface area contributed by atoms with Crippen LogP contribution in [0.5, 0.6) is 0 Å². The van der Waals surface area contributed by atoms with Crippen molar-refractivity contribution in [1.82, 2.24) is 0 Å². The van der Waals surface area contributed by atoms with Gasteiger partial charge < -0.3 is 0 Å². The van der Waals surface area contributed by atoms with Gasteiger partial charge in [-0.05, 0) is 36.5 Å². The molecule has 0 atom stereocenters. The topological polar surface area (TPSA) is 23.8 Å². The Kier molecular flexibility index (Phi) is 8.06. The zero-order valence-corrected chi connectivity index (χ0v) is 14.6. The van der Waals surface area contributed by atoms with E-state index in [1.807, 2.05) is 6.08 Å². The molecular formula is C21H35N. The highest BCUT2D eigenvalue weighted by atomic mass is 14.3. The Morgan fingerprint density at radius 2 is 1.23 bits per heavy atom. The Labute approximate surface area is 138 Å². The molecule has 2 fully saturated rings. The summed E-state index contributed by atoms with van der Waals surface area (Å²) in [7, 11) is 0. The molecule has 1 heteroatoms. The molecule has 0 aliphatic heterocycles. The van der Waals surface area contributed by atoms with Crippen LogP contribution < -0.4 is 0 Å². The van der Waals surface area contributed by atoms with E-state index in [2.05, 4.69) is 13.0 Å². The molecule has 0 unspecified atom stereocenters. The fraction of sp³-hybridized carbons (Fsp3) is 0.857. The lowest BCUT2D eigenvalue weighted by Crippen LogP contribution is -2.18. The van der Waals surface area contributed by atoms with E-state index in [0.717, 1.165) is 30.1 Å². The third-order valence-corrected chi connectivity index (χ3v) is 6.43. The normalized spacial score (nSPS) is 32.9. The van der Waals surface area contributed by atoms with Crippen molar-refractivity contribution in [2.75, 3.05) is 0 Å². The molecule has 0 bridgehead atoms. The maximum Gasteiger partial charge on any atom is 0.0908 e. The van der Waals surface area contributed by atoms with Gasteiger partial charge in [-0.2, -0.15) is 5.26 Å². The van der Waals surface area contributed by atoms with Gasteiger partial charge in [0.05, 0.1) is 6.07 Å². The minimum Gasteiger partial charge on any atom is -0.193 e. The number of hydrogen-bond acceptors (Lipinski definition) is 1. The standard InChI is InChI=1S/C21H35N/c1-2-18-7-9-20(10-8-18)15-16-21-13-11-19(12-14-21)6-4-3-5-17-22/h3,5,18-21H,2,4,6-16H2,1H3/b5-3+/t18-,19-,20-,21-. The van der Waals surface area contributed by atoms with Gasteiger partial charge in [0, 0.05) is 6.08 Å². The third-order valence-electron chi connectivity index (χ3n) is 6.43. The van der Waals surface area contributed by atoms with Crippen LogP contribution in [0.1, 0.15) is 90.4 Å². The van der Waals surface area contributed by atoms with E-state index in [0.29, 0.717) is 0 Å². The van der Waals surface area contributed by atoms with Crippen LogP contribution in [-0.4, -0.2) is 0 Å². The van der Waals surface area contributed by atoms with Crippen molar-refractivity contribution in [3.63, 3.8) is 0 Å². The number of nitriles is 1. The molecule has 0 heterocycles. The van der Waals surface area contributed by atoms with Crippen LogP contribution in [0.3, 0.4) is 0 Å². The van der Waals surface area contributed by atoms with Gasteiger partial charge in [0.15, 0.2) is 0 Å². The van der Waals surface area contributed by atoms with Crippen molar-refractivity contribution in [2.45, 2.75) is 90.4 Å². The minimum atomic E-state index is 0.930. The van der Waals surface area contributed by atoms with Crippen molar-refractivity contribution >= 4 is 0 Å². The van der Waals surface area contributed by atoms with Gasteiger partial charge >= 0.3 is 0 Å². The van der Waals surface area contributed by atoms with E-state index in [-0.39, 0.29) is 0 Å². The maximum atomic E-state index is 8.50. The van der Waals surface area contributed by atoms with Crippen LogP contribution in [-0.2, 0) is 0 Å². The van der Waals surface area contributed by atoms with Gasteiger partial charge in [-0.1, -0.05) is 83.6 Å². The fourth-order valence-electron chi connectivity index (χ4n) is 4.68. The average molecular weight is 302 g/mol. The lowest BCUT2D eigenvalue weighted by molar-refractivity contribution is 0.212. The lowest BCUT2D eigenvalue weighted by Gasteiger charge is -2.31. The summed E-state index contributed by atoms with van der Waals surface area (Å²) in [6, 6.07) is 2.09. The Hall–Kier alpha value is -0.770. The lowest BCUT2D eigenvalue weighted by atomic mass is 9.74. The molecule has 2 aliphatic carbocycles. The molecule has 2 saturated carbocycles. The summed E-state index contributed by atoms with van der Waals surface area (Å²) in [5, 5.41) is 8.50. The average Bonchev–Trinajstić information content (AvgIpc) is 2.58.